The van der Waals surface area contributed by atoms with Crippen molar-refractivity contribution in [3.05, 3.63) is 75.6 Å². The molecule has 2 aromatic carbocycles. The summed E-state index contributed by atoms with van der Waals surface area (Å²) >= 11 is 6.50. The van der Waals surface area contributed by atoms with Gasteiger partial charge in [-0.05, 0) is 100.0 Å². The average molecular weight is 519 g/mol. The molecule has 7 heteroatoms. The van der Waals surface area contributed by atoms with Crippen LogP contribution in [0.2, 0.25) is 5.02 Å². The van der Waals surface area contributed by atoms with Crippen LogP contribution in [0.15, 0.2) is 42.6 Å². The number of Topliss-reactive ketones (excluding diaryl/α,β-unsaturated/α-hetero) is 1. The number of anilines is 2. The highest BCUT2D eigenvalue weighted by molar-refractivity contribution is 6.31. The maximum atomic E-state index is 12.6. The van der Waals surface area contributed by atoms with Gasteiger partial charge >= 0.3 is 0 Å². The number of aryl methyl sites for hydroxylation is 2. The number of likely N-dealkylation sites (tertiary alicyclic amines) is 1. The van der Waals surface area contributed by atoms with Crippen molar-refractivity contribution in [2.45, 2.75) is 57.3 Å². The number of hydrogen-bond acceptors (Lipinski definition) is 6. The van der Waals surface area contributed by atoms with Crippen molar-refractivity contribution >= 4 is 29.0 Å². The van der Waals surface area contributed by atoms with E-state index in [0.717, 1.165) is 60.6 Å². The molecule has 5 rings (SSSR count). The third-order valence-electron chi connectivity index (χ3n) is 8.02. The van der Waals surface area contributed by atoms with Crippen LogP contribution in [0.1, 0.15) is 60.6 Å². The van der Waals surface area contributed by atoms with Crippen LogP contribution in [0.25, 0.3) is 0 Å². The first-order valence-electron chi connectivity index (χ1n) is 13.1. The minimum atomic E-state index is -0.454. The van der Waals surface area contributed by atoms with E-state index in [-0.39, 0.29) is 5.78 Å². The maximum absolute atomic E-state index is 12.6. The molecule has 0 bridgehead atoms. The van der Waals surface area contributed by atoms with Gasteiger partial charge in [0.2, 0.25) is 5.95 Å². The fraction of sp³-hybridized carbons (Fsp3) is 0.433. The van der Waals surface area contributed by atoms with Gasteiger partial charge in [-0.1, -0.05) is 35.9 Å². The Morgan fingerprint density at radius 3 is 2.70 bits per heavy atom. The maximum Gasteiger partial charge on any atom is 0.227 e. The van der Waals surface area contributed by atoms with E-state index in [1.807, 2.05) is 19.9 Å². The third-order valence-corrected chi connectivity index (χ3v) is 8.34. The topological polar surface area (TPSA) is 67.3 Å². The normalized spacial score (nSPS) is 17.6. The molecule has 1 aromatic heterocycles. The van der Waals surface area contributed by atoms with Crippen molar-refractivity contribution in [1.29, 1.82) is 0 Å². The van der Waals surface area contributed by atoms with Crippen molar-refractivity contribution in [2.75, 3.05) is 32.6 Å². The zero-order chi connectivity index (χ0) is 26.2. The molecule has 1 fully saturated rings. The Kier molecular flexibility index (Phi) is 7.24. The quantitative estimate of drug-likeness (QED) is 0.421. The highest BCUT2D eigenvalue weighted by atomic mass is 35.5. The molecule has 0 amide bonds. The zero-order valence-electron chi connectivity index (χ0n) is 22.1. The van der Waals surface area contributed by atoms with E-state index in [9.17, 15) is 4.79 Å². The molecule has 2 aliphatic rings. The lowest BCUT2D eigenvalue weighted by atomic mass is 9.82. The van der Waals surface area contributed by atoms with E-state index in [1.165, 1.54) is 11.1 Å². The van der Waals surface area contributed by atoms with E-state index in [2.05, 4.69) is 52.6 Å². The predicted molar refractivity (Wildman–Crippen MR) is 148 cm³/mol. The Hall–Kier alpha value is -2.96. The summed E-state index contributed by atoms with van der Waals surface area (Å²) in [6.45, 7) is 6.29. The SMILES string of the molecule is COc1cc(C2CCN(C)CC2)ccc1Nc1ncc(Cl)c(CCc2cccc3c2C(C)(C)C(=O)C3)n1. The number of carbonyl (C=O) groups is 1. The van der Waals surface area contributed by atoms with E-state index >= 15 is 0 Å². The minimum Gasteiger partial charge on any atom is -0.495 e. The number of nitrogens with zero attached hydrogens (tertiary/aromatic N) is 3. The molecule has 0 unspecified atom stereocenters. The summed E-state index contributed by atoms with van der Waals surface area (Å²) in [5.41, 5.74) is 5.95. The largest absolute Gasteiger partial charge is 0.495 e. The lowest BCUT2D eigenvalue weighted by Gasteiger charge is -2.29. The van der Waals surface area contributed by atoms with Gasteiger partial charge < -0.3 is 15.0 Å². The summed E-state index contributed by atoms with van der Waals surface area (Å²) in [6.07, 6.45) is 5.89. The number of fused-ring (bicyclic) bond motifs is 1. The highest BCUT2D eigenvalue weighted by Crippen LogP contribution is 2.39. The van der Waals surface area contributed by atoms with Crippen molar-refractivity contribution < 1.29 is 9.53 Å². The number of carbonyl (C=O) groups excluding carboxylic acids is 1. The number of piperidine rings is 1. The number of ketones is 1. The Balaban J connectivity index is 1.32. The number of benzene rings is 2. The molecule has 3 aromatic rings. The molecular weight excluding hydrogens is 484 g/mol. The summed E-state index contributed by atoms with van der Waals surface area (Å²) in [4.78, 5) is 24.1. The summed E-state index contributed by atoms with van der Waals surface area (Å²) in [5.74, 6) is 2.09. The van der Waals surface area contributed by atoms with Crippen LogP contribution in [-0.4, -0.2) is 47.9 Å². The fourth-order valence-corrected chi connectivity index (χ4v) is 5.95. The molecule has 0 spiro atoms. The van der Waals surface area contributed by atoms with E-state index in [4.69, 9.17) is 21.3 Å². The fourth-order valence-electron chi connectivity index (χ4n) is 5.76. The van der Waals surface area contributed by atoms with Crippen LogP contribution >= 0.6 is 11.6 Å². The van der Waals surface area contributed by atoms with Gasteiger partial charge in [0.25, 0.3) is 0 Å². The molecule has 1 N–H and O–H groups in total. The average Bonchev–Trinajstić information content (AvgIpc) is 3.13. The smallest absolute Gasteiger partial charge is 0.227 e. The zero-order valence-corrected chi connectivity index (χ0v) is 22.9. The van der Waals surface area contributed by atoms with E-state index in [0.29, 0.717) is 29.7 Å². The lowest BCUT2D eigenvalue weighted by molar-refractivity contribution is -0.121. The van der Waals surface area contributed by atoms with E-state index < -0.39 is 5.41 Å². The lowest BCUT2D eigenvalue weighted by Crippen LogP contribution is -2.29. The van der Waals surface area contributed by atoms with Gasteiger partial charge in [-0.2, -0.15) is 0 Å². The van der Waals surface area contributed by atoms with Crippen LogP contribution in [-0.2, 0) is 29.5 Å². The third kappa shape index (κ3) is 5.23. The number of methoxy groups -OCH3 is 1. The van der Waals surface area contributed by atoms with Crippen LogP contribution < -0.4 is 10.1 Å². The number of ether oxygens (including phenoxy) is 1. The monoisotopic (exact) mass is 518 g/mol. The molecular formula is C30H35ClN4O2. The first-order chi connectivity index (χ1) is 17.8. The Morgan fingerprint density at radius 2 is 1.95 bits per heavy atom. The number of rotatable bonds is 7. The van der Waals surface area contributed by atoms with Crippen LogP contribution in [0.4, 0.5) is 11.6 Å². The highest BCUT2D eigenvalue weighted by Gasteiger charge is 2.39. The first kappa shape index (κ1) is 25.7. The molecule has 0 saturated carbocycles. The predicted octanol–water partition coefficient (Wildman–Crippen LogP) is 5.88. The summed E-state index contributed by atoms with van der Waals surface area (Å²) < 4.78 is 5.72. The van der Waals surface area contributed by atoms with Crippen molar-refractivity contribution in [2.24, 2.45) is 0 Å². The Bertz CT molecular complexity index is 1310. The van der Waals surface area contributed by atoms with Crippen LogP contribution in [0.5, 0.6) is 5.75 Å². The second-order valence-electron chi connectivity index (χ2n) is 10.8. The Labute approximate surface area is 224 Å². The standard InChI is InChI=1S/C30H35ClN4O2/c1-30(2)27(36)17-22-7-5-6-20(28(22)30)8-10-24-23(31)18-32-29(33-24)34-25-11-9-21(16-26(25)37-4)19-12-14-35(3)15-13-19/h5-7,9,11,16,18-19H,8,10,12-15,17H2,1-4H3,(H,32,33,34). The van der Waals surface area contributed by atoms with Crippen molar-refractivity contribution in [3.63, 3.8) is 0 Å². The summed E-state index contributed by atoms with van der Waals surface area (Å²) in [5, 5.41) is 3.87. The molecule has 2 heterocycles. The molecule has 6 nitrogen and oxygen atoms in total. The molecule has 194 valence electrons. The van der Waals surface area contributed by atoms with Gasteiger partial charge in [0, 0.05) is 11.8 Å². The van der Waals surface area contributed by atoms with Gasteiger partial charge in [0.1, 0.15) is 11.5 Å². The van der Waals surface area contributed by atoms with Gasteiger partial charge in [-0.15, -0.1) is 0 Å². The molecule has 1 saturated heterocycles. The second kappa shape index (κ2) is 10.4. The van der Waals surface area contributed by atoms with Crippen molar-refractivity contribution in [1.82, 2.24) is 14.9 Å². The number of aromatic nitrogens is 2. The minimum absolute atomic E-state index is 0.275. The molecule has 1 aliphatic carbocycles. The second-order valence-corrected chi connectivity index (χ2v) is 11.2. The number of hydrogen-bond donors (Lipinski definition) is 1. The first-order valence-corrected chi connectivity index (χ1v) is 13.4. The van der Waals surface area contributed by atoms with E-state index in [1.54, 1.807) is 13.3 Å². The van der Waals surface area contributed by atoms with Gasteiger partial charge in [0.15, 0.2) is 0 Å². The molecule has 0 atom stereocenters. The number of halogens is 1. The van der Waals surface area contributed by atoms with Gasteiger partial charge in [0.05, 0.1) is 29.7 Å². The van der Waals surface area contributed by atoms with Gasteiger partial charge in [-0.3, -0.25) is 4.79 Å². The van der Waals surface area contributed by atoms with Crippen LogP contribution in [0, 0.1) is 0 Å². The Morgan fingerprint density at radius 1 is 1.16 bits per heavy atom. The molecule has 37 heavy (non-hydrogen) atoms. The summed E-state index contributed by atoms with van der Waals surface area (Å²) in [6, 6.07) is 12.6. The van der Waals surface area contributed by atoms with Crippen LogP contribution in [0.3, 0.4) is 0 Å². The molecule has 0 radical (unpaired) electrons. The summed E-state index contributed by atoms with van der Waals surface area (Å²) in [7, 11) is 3.87. The van der Waals surface area contributed by atoms with Crippen molar-refractivity contribution in [3.8, 4) is 5.75 Å². The number of nitrogens with one attached hydrogen (secondary N) is 1. The molecule has 1 aliphatic heterocycles. The van der Waals surface area contributed by atoms with Gasteiger partial charge in [-0.25, -0.2) is 9.97 Å².